The first-order chi connectivity index (χ1) is 9.81. The van der Waals surface area contributed by atoms with Gasteiger partial charge < -0.3 is 21.1 Å². The summed E-state index contributed by atoms with van der Waals surface area (Å²) >= 11 is 1.59. The van der Waals surface area contributed by atoms with Gasteiger partial charge in [-0.3, -0.25) is 4.79 Å². The van der Waals surface area contributed by atoms with Crippen molar-refractivity contribution in [1.82, 2.24) is 10.2 Å². The minimum absolute atomic E-state index is 0.105. The predicted octanol–water partition coefficient (Wildman–Crippen LogP) is 0.649. The number of amides is 3. The number of carbonyl (C=O) groups excluding carboxylic acids is 2. The highest BCUT2D eigenvalue weighted by Gasteiger charge is 2.25. The number of carboxylic acid groups (broad SMARTS) is 1. The smallest absolute Gasteiger partial charge is 0.326 e. The maximum absolute atomic E-state index is 12.0. The van der Waals surface area contributed by atoms with E-state index in [1.807, 2.05) is 24.4 Å². The first kappa shape index (κ1) is 17.0. The van der Waals surface area contributed by atoms with Crippen molar-refractivity contribution < 1.29 is 19.5 Å². The summed E-state index contributed by atoms with van der Waals surface area (Å²) in [5.74, 6) is -2.07. The van der Waals surface area contributed by atoms with Crippen LogP contribution in [0.5, 0.6) is 0 Å². The maximum Gasteiger partial charge on any atom is 0.326 e. The summed E-state index contributed by atoms with van der Waals surface area (Å²) in [5, 5.41) is 13.2. The van der Waals surface area contributed by atoms with Gasteiger partial charge in [-0.2, -0.15) is 0 Å². The van der Waals surface area contributed by atoms with Crippen LogP contribution in [0.4, 0.5) is 4.79 Å². The second kappa shape index (κ2) is 7.63. The van der Waals surface area contributed by atoms with Crippen LogP contribution in [0.25, 0.3) is 0 Å². The maximum atomic E-state index is 12.0. The van der Waals surface area contributed by atoms with Gasteiger partial charge in [0.15, 0.2) is 0 Å². The molecule has 3 amide bonds. The average molecular weight is 313 g/mol. The molecule has 0 fully saturated rings. The summed E-state index contributed by atoms with van der Waals surface area (Å²) in [6.07, 6.45) is 0.239. The van der Waals surface area contributed by atoms with Crippen LogP contribution in [0.2, 0.25) is 0 Å². The van der Waals surface area contributed by atoms with E-state index in [4.69, 9.17) is 10.8 Å². The molecule has 7 nitrogen and oxygen atoms in total. The zero-order valence-corrected chi connectivity index (χ0v) is 12.7. The highest BCUT2D eigenvalue weighted by molar-refractivity contribution is 7.09. The zero-order chi connectivity index (χ0) is 16.0. The molecule has 8 heteroatoms. The third kappa shape index (κ3) is 5.42. The SMILES string of the molecule is CC(Cc1cccs1)N(C)C(=O)N[C@@H](CC(N)=O)C(=O)O. The van der Waals surface area contributed by atoms with E-state index < -0.39 is 30.4 Å². The number of hydrogen-bond acceptors (Lipinski definition) is 4. The molecule has 0 spiro atoms. The largest absolute Gasteiger partial charge is 0.480 e. The van der Waals surface area contributed by atoms with Crippen LogP contribution < -0.4 is 11.1 Å². The van der Waals surface area contributed by atoms with E-state index in [2.05, 4.69) is 5.32 Å². The number of nitrogens with one attached hydrogen (secondary N) is 1. The van der Waals surface area contributed by atoms with Crippen LogP contribution in [-0.4, -0.2) is 47.0 Å². The van der Waals surface area contributed by atoms with E-state index in [0.717, 1.165) is 4.88 Å². The van der Waals surface area contributed by atoms with Crippen molar-refractivity contribution in [3.05, 3.63) is 22.4 Å². The number of rotatable bonds is 7. The quantitative estimate of drug-likeness (QED) is 0.686. The molecule has 0 aliphatic carbocycles. The summed E-state index contributed by atoms with van der Waals surface area (Å²) < 4.78 is 0. The van der Waals surface area contributed by atoms with Gasteiger partial charge in [0.25, 0.3) is 0 Å². The number of nitrogens with zero attached hydrogens (tertiary/aromatic N) is 1. The number of primary amides is 1. The second-order valence-electron chi connectivity index (χ2n) is 4.75. The molecule has 2 atom stereocenters. The lowest BCUT2D eigenvalue weighted by molar-refractivity contribution is -0.141. The Morgan fingerprint density at radius 1 is 1.48 bits per heavy atom. The number of likely N-dealkylation sites (N-methyl/N-ethyl adjacent to an activating group) is 1. The van der Waals surface area contributed by atoms with Crippen LogP contribution in [0.3, 0.4) is 0 Å². The zero-order valence-electron chi connectivity index (χ0n) is 11.9. The van der Waals surface area contributed by atoms with Gasteiger partial charge in [0.2, 0.25) is 5.91 Å². The lowest BCUT2D eigenvalue weighted by Crippen LogP contribution is -2.50. The Labute approximate surface area is 126 Å². The number of carbonyl (C=O) groups is 3. The van der Waals surface area contributed by atoms with E-state index >= 15 is 0 Å². The van der Waals surface area contributed by atoms with Crippen LogP contribution in [0.1, 0.15) is 18.2 Å². The highest BCUT2D eigenvalue weighted by atomic mass is 32.1. The van der Waals surface area contributed by atoms with Gasteiger partial charge in [-0.25, -0.2) is 9.59 Å². The summed E-state index contributed by atoms with van der Waals surface area (Å²) in [5.41, 5.74) is 4.97. The number of urea groups is 1. The third-order valence-corrected chi connectivity index (χ3v) is 3.96. The molecule has 0 aliphatic rings. The van der Waals surface area contributed by atoms with Crippen molar-refractivity contribution in [2.24, 2.45) is 5.73 Å². The fourth-order valence-corrected chi connectivity index (χ4v) is 2.54. The molecule has 116 valence electrons. The summed E-state index contributed by atoms with van der Waals surface area (Å²) in [4.78, 5) is 36.3. The van der Waals surface area contributed by atoms with Gasteiger partial charge in [0.1, 0.15) is 6.04 Å². The number of hydrogen-bond donors (Lipinski definition) is 3. The monoisotopic (exact) mass is 313 g/mol. The van der Waals surface area contributed by atoms with Crippen molar-refractivity contribution in [3.8, 4) is 0 Å². The normalized spacial score (nSPS) is 13.2. The fourth-order valence-electron chi connectivity index (χ4n) is 1.71. The Morgan fingerprint density at radius 2 is 2.14 bits per heavy atom. The molecule has 1 aromatic heterocycles. The molecule has 4 N–H and O–H groups in total. The Kier molecular flexibility index (Phi) is 6.16. The third-order valence-electron chi connectivity index (χ3n) is 3.06. The van der Waals surface area contributed by atoms with Crippen LogP contribution in [-0.2, 0) is 16.0 Å². The van der Waals surface area contributed by atoms with Crippen LogP contribution in [0.15, 0.2) is 17.5 Å². The van der Waals surface area contributed by atoms with Crippen molar-refractivity contribution in [1.29, 1.82) is 0 Å². The Balaban J connectivity index is 2.59. The molecule has 1 unspecified atom stereocenters. The van der Waals surface area contributed by atoms with E-state index in [1.54, 1.807) is 18.4 Å². The van der Waals surface area contributed by atoms with Gasteiger partial charge in [-0.1, -0.05) is 6.07 Å². The number of nitrogens with two attached hydrogens (primary N) is 1. The molecule has 0 radical (unpaired) electrons. The van der Waals surface area contributed by atoms with Crippen molar-refractivity contribution in [2.45, 2.75) is 31.8 Å². The second-order valence-corrected chi connectivity index (χ2v) is 5.79. The molecule has 0 aromatic carbocycles. The summed E-state index contributed by atoms with van der Waals surface area (Å²) in [7, 11) is 1.58. The molecular formula is C13H19N3O4S. The molecule has 0 saturated heterocycles. The van der Waals surface area contributed by atoms with Crippen LogP contribution in [0, 0.1) is 0 Å². The average Bonchev–Trinajstić information content (AvgIpc) is 2.88. The standard InChI is InChI=1S/C13H19N3O4S/c1-8(6-9-4-3-5-21-9)16(2)13(20)15-10(12(18)19)7-11(14)17/h3-5,8,10H,6-7H2,1-2H3,(H2,14,17)(H,15,20)(H,18,19)/t8?,10-/m0/s1. The topological polar surface area (TPSA) is 113 Å². The minimum atomic E-state index is -1.31. The van der Waals surface area contributed by atoms with E-state index in [-0.39, 0.29) is 6.04 Å². The van der Waals surface area contributed by atoms with Crippen LogP contribution >= 0.6 is 11.3 Å². The van der Waals surface area contributed by atoms with E-state index in [9.17, 15) is 14.4 Å². The molecule has 0 saturated carbocycles. The molecule has 0 bridgehead atoms. The summed E-state index contributed by atoms with van der Waals surface area (Å²) in [6, 6.07) is 1.94. The van der Waals surface area contributed by atoms with Crippen molar-refractivity contribution >= 4 is 29.2 Å². The lowest BCUT2D eigenvalue weighted by atomic mass is 10.2. The van der Waals surface area contributed by atoms with Gasteiger partial charge >= 0.3 is 12.0 Å². The molecule has 1 aromatic rings. The highest BCUT2D eigenvalue weighted by Crippen LogP contribution is 2.13. The van der Waals surface area contributed by atoms with Crippen molar-refractivity contribution in [2.75, 3.05) is 7.05 Å². The van der Waals surface area contributed by atoms with Gasteiger partial charge in [0.05, 0.1) is 6.42 Å². The van der Waals surface area contributed by atoms with Gasteiger partial charge in [-0.05, 0) is 18.4 Å². The first-order valence-corrected chi connectivity index (χ1v) is 7.26. The Hall–Kier alpha value is -2.09. The van der Waals surface area contributed by atoms with Crippen molar-refractivity contribution in [3.63, 3.8) is 0 Å². The lowest BCUT2D eigenvalue weighted by Gasteiger charge is -2.26. The fraction of sp³-hybridized carbons (Fsp3) is 0.462. The molecule has 1 heterocycles. The number of thiophene rings is 1. The number of carboxylic acids is 1. The predicted molar refractivity (Wildman–Crippen MR) is 79.0 cm³/mol. The Morgan fingerprint density at radius 3 is 2.62 bits per heavy atom. The van der Waals surface area contributed by atoms with E-state index in [1.165, 1.54) is 4.90 Å². The number of aliphatic carboxylic acids is 1. The molecule has 0 aliphatic heterocycles. The van der Waals surface area contributed by atoms with Gasteiger partial charge in [-0.15, -0.1) is 11.3 Å². The Bertz CT molecular complexity index is 504. The summed E-state index contributed by atoms with van der Waals surface area (Å²) in [6.45, 7) is 1.86. The van der Waals surface area contributed by atoms with Gasteiger partial charge in [0, 0.05) is 24.4 Å². The molecule has 21 heavy (non-hydrogen) atoms. The van der Waals surface area contributed by atoms with E-state index in [0.29, 0.717) is 6.42 Å². The first-order valence-electron chi connectivity index (χ1n) is 6.38. The molecule has 1 rings (SSSR count). The molecular weight excluding hydrogens is 294 g/mol. The minimum Gasteiger partial charge on any atom is -0.480 e.